The zero-order valence-corrected chi connectivity index (χ0v) is 13.2. The Morgan fingerprint density at radius 2 is 1.74 bits per heavy atom. The van der Waals surface area contributed by atoms with E-state index >= 15 is 0 Å². The zero-order valence-electron chi connectivity index (χ0n) is 13.2. The Hall–Kier alpha value is -2.11. The van der Waals surface area contributed by atoms with Crippen LogP contribution in [0.1, 0.15) is 24.8 Å². The SMILES string of the molecule is CCOC(=O)N1CCN(C(=O)[C@@H]2C[C@@H]2c2ccc(F)cc2)CC1. The fourth-order valence-corrected chi connectivity index (χ4v) is 3.10. The summed E-state index contributed by atoms with van der Waals surface area (Å²) in [6.45, 7) is 4.26. The van der Waals surface area contributed by atoms with E-state index in [2.05, 4.69) is 0 Å². The quantitative estimate of drug-likeness (QED) is 0.858. The van der Waals surface area contributed by atoms with E-state index in [0.29, 0.717) is 32.8 Å². The van der Waals surface area contributed by atoms with Gasteiger partial charge in [0, 0.05) is 32.1 Å². The molecule has 2 amide bonds. The molecule has 2 fully saturated rings. The first-order valence-electron chi connectivity index (χ1n) is 8.06. The topological polar surface area (TPSA) is 49.9 Å². The van der Waals surface area contributed by atoms with Gasteiger partial charge in [0.25, 0.3) is 0 Å². The Bertz CT molecular complexity index is 582. The van der Waals surface area contributed by atoms with E-state index in [1.807, 2.05) is 4.90 Å². The van der Waals surface area contributed by atoms with Gasteiger partial charge >= 0.3 is 6.09 Å². The Kier molecular flexibility index (Phi) is 4.50. The number of rotatable bonds is 3. The molecule has 1 heterocycles. The zero-order chi connectivity index (χ0) is 16.4. The van der Waals surface area contributed by atoms with E-state index in [0.717, 1.165) is 12.0 Å². The van der Waals surface area contributed by atoms with Crippen LogP contribution in [0.2, 0.25) is 0 Å². The lowest BCUT2D eigenvalue weighted by atomic mass is 10.1. The van der Waals surface area contributed by atoms with Crippen LogP contribution in [0, 0.1) is 11.7 Å². The maximum Gasteiger partial charge on any atom is 0.409 e. The molecule has 5 nitrogen and oxygen atoms in total. The smallest absolute Gasteiger partial charge is 0.409 e. The molecule has 2 atom stereocenters. The molecule has 0 N–H and O–H groups in total. The van der Waals surface area contributed by atoms with Crippen LogP contribution in [0.3, 0.4) is 0 Å². The summed E-state index contributed by atoms with van der Waals surface area (Å²) in [4.78, 5) is 27.6. The highest BCUT2D eigenvalue weighted by molar-refractivity contribution is 5.83. The van der Waals surface area contributed by atoms with E-state index in [1.54, 1.807) is 24.0 Å². The monoisotopic (exact) mass is 320 g/mol. The predicted octanol–water partition coefficient (Wildman–Crippen LogP) is 2.23. The molecule has 1 aliphatic heterocycles. The third kappa shape index (κ3) is 3.46. The third-order valence-electron chi connectivity index (χ3n) is 4.52. The summed E-state index contributed by atoms with van der Waals surface area (Å²) in [6, 6.07) is 6.39. The molecule has 2 aliphatic rings. The molecule has 1 saturated carbocycles. The number of amides is 2. The average Bonchev–Trinajstić information content (AvgIpc) is 3.36. The molecular formula is C17H21FN2O3. The van der Waals surface area contributed by atoms with Gasteiger partial charge in [0.05, 0.1) is 6.61 Å². The standard InChI is InChI=1S/C17H21FN2O3/c1-2-23-17(22)20-9-7-19(8-10-20)16(21)15-11-14(15)12-3-5-13(18)6-4-12/h3-6,14-15H,2,7-11H2,1H3/t14-,15-/m1/s1. The van der Waals surface area contributed by atoms with Gasteiger partial charge in [-0.3, -0.25) is 4.79 Å². The molecule has 0 unspecified atom stereocenters. The molecule has 0 bridgehead atoms. The lowest BCUT2D eigenvalue weighted by Gasteiger charge is -2.34. The molecule has 124 valence electrons. The lowest BCUT2D eigenvalue weighted by molar-refractivity contribution is -0.134. The summed E-state index contributed by atoms with van der Waals surface area (Å²) < 4.78 is 17.9. The van der Waals surface area contributed by atoms with Crippen molar-refractivity contribution in [3.8, 4) is 0 Å². The number of benzene rings is 1. The summed E-state index contributed by atoms with van der Waals surface area (Å²) in [5, 5.41) is 0. The minimum Gasteiger partial charge on any atom is -0.450 e. The van der Waals surface area contributed by atoms with Crippen LogP contribution >= 0.6 is 0 Å². The van der Waals surface area contributed by atoms with Gasteiger partial charge in [-0.05, 0) is 37.0 Å². The van der Waals surface area contributed by atoms with Crippen LogP contribution in [0.4, 0.5) is 9.18 Å². The first-order chi connectivity index (χ1) is 11.1. The highest BCUT2D eigenvalue weighted by Gasteiger charge is 2.46. The molecule has 0 aromatic heterocycles. The summed E-state index contributed by atoms with van der Waals surface area (Å²) >= 11 is 0. The first-order valence-corrected chi connectivity index (χ1v) is 8.06. The molecule has 1 aliphatic carbocycles. The number of ether oxygens (including phenoxy) is 1. The second-order valence-corrected chi connectivity index (χ2v) is 6.01. The number of carbonyl (C=O) groups is 2. The molecular weight excluding hydrogens is 299 g/mol. The van der Waals surface area contributed by atoms with E-state index in [1.165, 1.54) is 12.1 Å². The highest BCUT2D eigenvalue weighted by Crippen LogP contribution is 2.48. The second kappa shape index (κ2) is 6.56. The predicted molar refractivity (Wildman–Crippen MR) is 82.4 cm³/mol. The number of halogens is 1. The number of hydrogen-bond acceptors (Lipinski definition) is 3. The van der Waals surface area contributed by atoms with E-state index in [4.69, 9.17) is 4.74 Å². The largest absolute Gasteiger partial charge is 0.450 e. The molecule has 6 heteroatoms. The first kappa shape index (κ1) is 15.8. The van der Waals surface area contributed by atoms with Gasteiger partial charge in [-0.25, -0.2) is 9.18 Å². The van der Waals surface area contributed by atoms with Crippen molar-refractivity contribution >= 4 is 12.0 Å². The maximum atomic E-state index is 13.0. The van der Waals surface area contributed by atoms with Crippen LogP contribution in [0.25, 0.3) is 0 Å². The molecule has 3 rings (SSSR count). The Morgan fingerprint density at radius 1 is 1.13 bits per heavy atom. The molecule has 1 saturated heterocycles. The van der Waals surface area contributed by atoms with Crippen molar-refractivity contribution < 1.29 is 18.7 Å². The van der Waals surface area contributed by atoms with Crippen LogP contribution in [0.5, 0.6) is 0 Å². The van der Waals surface area contributed by atoms with Gasteiger partial charge in [-0.1, -0.05) is 12.1 Å². The summed E-state index contributed by atoms with van der Waals surface area (Å²) in [7, 11) is 0. The van der Waals surface area contributed by atoms with E-state index in [-0.39, 0.29) is 29.7 Å². The number of hydrogen-bond donors (Lipinski definition) is 0. The van der Waals surface area contributed by atoms with E-state index in [9.17, 15) is 14.0 Å². The molecule has 1 aromatic carbocycles. The van der Waals surface area contributed by atoms with Crippen LogP contribution in [0.15, 0.2) is 24.3 Å². The summed E-state index contributed by atoms with van der Waals surface area (Å²) in [5.41, 5.74) is 1.02. The second-order valence-electron chi connectivity index (χ2n) is 6.01. The van der Waals surface area contributed by atoms with Gasteiger partial charge in [-0.15, -0.1) is 0 Å². The molecule has 0 spiro atoms. The molecule has 1 aromatic rings. The van der Waals surface area contributed by atoms with E-state index < -0.39 is 0 Å². The Labute approximate surface area is 135 Å². The van der Waals surface area contributed by atoms with Crippen molar-refractivity contribution in [3.63, 3.8) is 0 Å². The fraction of sp³-hybridized carbons (Fsp3) is 0.529. The van der Waals surface area contributed by atoms with Gasteiger partial charge in [-0.2, -0.15) is 0 Å². The normalized spacial score (nSPS) is 23.6. The van der Waals surface area contributed by atoms with Crippen LogP contribution in [-0.4, -0.2) is 54.6 Å². The molecule has 23 heavy (non-hydrogen) atoms. The van der Waals surface area contributed by atoms with Crippen molar-refractivity contribution in [2.75, 3.05) is 32.8 Å². The van der Waals surface area contributed by atoms with Gasteiger partial charge in [0.15, 0.2) is 0 Å². The van der Waals surface area contributed by atoms with Crippen LogP contribution in [-0.2, 0) is 9.53 Å². The number of carbonyl (C=O) groups excluding carboxylic acids is 2. The average molecular weight is 320 g/mol. The van der Waals surface area contributed by atoms with Crippen LogP contribution < -0.4 is 0 Å². The van der Waals surface area contributed by atoms with Crippen molar-refractivity contribution in [2.24, 2.45) is 5.92 Å². The summed E-state index contributed by atoms with van der Waals surface area (Å²) in [5.74, 6) is 0.0796. The Balaban J connectivity index is 1.51. The number of nitrogens with zero attached hydrogens (tertiary/aromatic N) is 2. The highest BCUT2D eigenvalue weighted by atomic mass is 19.1. The minimum absolute atomic E-state index is 0.00500. The summed E-state index contributed by atoms with van der Waals surface area (Å²) in [6.07, 6.45) is 0.512. The van der Waals surface area contributed by atoms with Crippen molar-refractivity contribution in [1.29, 1.82) is 0 Å². The van der Waals surface area contributed by atoms with Gasteiger partial charge in [0.2, 0.25) is 5.91 Å². The lowest BCUT2D eigenvalue weighted by Crippen LogP contribution is -2.51. The number of piperazine rings is 1. The van der Waals surface area contributed by atoms with Crippen molar-refractivity contribution in [2.45, 2.75) is 19.3 Å². The third-order valence-corrected chi connectivity index (χ3v) is 4.52. The fourth-order valence-electron chi connectivity index (χ4n) is 3.10. The maximum absolute atomic E-state index is 13.0. The van der Waals surface area contributed by atoms with Gasteiger partial charge in [0.1, 0.15) is 5.82 Å². The minimum atomic E-state index is -0.310. The van der Waals surface area contributed by atoms with Crippen molar-refractivity contribution in [1.82, 2.24) is 9.80 Å². The Morgan fingerprint density at radius 3 is 2.35 bits per heavy atom. The van der Waals surface area contributed by atoms with Gasteiger partial charge < -0.3 is 14.5 Å². The molecule has 0 radical (unpaired) electrons. The van der Waals surface area contributed by atoms with Crippen molar-refractivity contribution in [3.05, 3.63) is 35.6 Å².